The second kappa shape index (κ2) is 6.61. The molecule has 1 N–H and O–H groups in total. The number of hydrogen-bond acceptors (Lipinski definition) is 4. The number of methoxy groups -OCH3 is 2. The molecule has 110 valence electrons. The van der Waals surface area contributed by atoms with Crippen molar-refractivity contribution in [3.8, 4) is 11.5 Å². The van der Waals surface area contributed by atoms with Gasteiger partial charge in [0, 0.05) is 13.1 Å². The molecule has 0 spiro atoms. The smallest absolute Gasteiger partial charge is 0.239 e. The lowest BCUT2D eigenvalue weighted by atomic mass is 10.1. The zero-order valence-electron chi connectivity index (χ0n) is 12.3. The van der Waals surface area contributed by atoms with Crippen LogP contribution in [0.25, 0.3) is 0 Å². The van der Waals surface area contributed by atoms with Crippen molar-refractivity contribution >= 4 is 5.91 Å². The van der Waals surface area contributed by atoms with E-state index < -0.39 is 0 Å². The third kappa shape index (κ3) is 3.22. The molecule has 2 rings (SSSR count). The quantitative estimate of drug-likeness (QED) is 0.905. The maximum atomic E-state index is 12.2. The van der Waals surface area contributed by atoms with Crippen LogP contribution in [0.1, 0.15) is 18.9 Å². The van der Waals surface area contributed by atoms with Gasteiger partial charge in [-0.1, -0.05) is 6.07 Å². The van der Waals surface area contributed by atoms with Crippen LogP contribution in [-0.4, -0.2) is 44.2 Å². The number of carbonyl (C=O) groups excluding carboxylic acids is 1. The Morgan fingerprint density at radius 1 is 1.30 bits per heavy atom. The van der Waals surface area contributed by atoms with Crippen LogP contribution in [0, 0.1) is 0 Å². The molecule has 0 radical (unpaired) electrons. The number of benzene rings is 1. The summed E-state index contributed by atoms with van der Waals surface area (Å²) in [5.41, 5.74) is 1.05. The van der Waals surface area contributed by atoms with Crippen LogP contribution in [0.15, 0.2) is 18.2 Å². The van der Waals surface area contributed by atoms with E-state index in [1.165, 1.54) is 0 Å². The van der Waals surface area contributed by atoms with Crippen LogP contribution in [0.3, 0.4) is 0 Å². The molecule has 1 aliphatic heterocycles. The lowest BCUT2D eigenvalue weighted by Crippen LogP contribution is -2.41. The number of hydrogen-bond donors (Lipinski definition) is 1. The number of nitrogens with one attached hydrogen (secondary N) is 1. The molecule has 20 heavy (non-hydrogen) atoms. The molecule has 5 heteroatoms. The fourth-order valence-electron chi connectivity index (χ4n) is 2.42. The molecule has 0 saturated carbocycles. The normalized spacial score (nSPS) is 19.6. The van der Waals surface area contributed by atoms with Crippen molar-refractivity contribution < 1.29 is 14.3 Å². The van der Waals surface area contributed by atoms with Gasteiger partial charge in [-0.05, 0) is 37.6 Å². The number of carbonyl (C=O) groups is 1. The second-order valence-corrected chi connectivity index (χ2v) is 4.98. The molecule has 1 saturated heterocycles. The van der Waals surface area contributed by atoms with Crippen molar-refractivity contribution in [1.82, 2.24) is 10.2 Å². The third-order valence-electron chi connectivity index (χ3n) is 3.56. The number of rotatable bonds is 4. The van der Waals surface area contributed by atoms with Gasteiger partial charge in [-0.15, -0.1) is 0 Å². The third-order valence-corrected chi connectivity index (χ3v) is 3.56. The van der Waals surface area contributed by atoms with Crippen molar-refractivity contribution in [2.45, 2.75) is 25.9 Å². The summed E-state index contributed by atoms with van der Waals surface area (Å²) in [7, 11) is 3.23. The predicted molar refractivity (Wildman–Crippen MR) is 77.0 cm³/mol. The standard InChI is InChI=1S/C15H22N2O3/c1-11-15(18)17(8-4-7-16-11)10-12-5-6-13(19-2)14(9-12)20-3/h5-6,9,11,16H,4,7-8,10H2,1-3H3. The Balaban J connectivity index is 2.14. The first-order valence-electron chi connectivity index (χ1n) is 6.88. The van der Waals surface area contributed by atoms with Crippen molar-refractivity contribution in [2.24, 2.45) is 0 Å². The van der Waals surface area contributed by atoms with Crippen LogP contribution < -0.4 is 14.8 Å². The van der Waals surface area contributed by atoms with Gasteiger partial charge in [-0.25, -0.2) is 0 Å². The Labute approximate surface area is 119 Å². The van der Waals surface area contributed by atoms with Crippen LogP contribution >= 0.6 is 0 Å². The molecule has 0 bridgehead atoms. The molecule has 0 aromatic heterocycles. The molecule has 5 nitrogen and oxygen atoms in total. The highest BCUT2D eigenvalue weighted by atomic mass is 16.5. The molecule has 1 aromatic carbocycles. The van der Waals surface area contributed by atoms with E-state index in [9.17, 15) is 4.79 Å². The molecule has 1 aromatic rings. The highest BCUT2D eigenvalue weighted by Gasteiger charge is 2.23. The van der Waals surface area contributed by atoms with E-state index in [0.717, 1.165) is 25.1 Å². The summed E-state index contributed by atoms with van der Waals surface area (Å²) in [5.74, 6) is 1.55. The summed E-state index contributed by atoms with van der Waals surface area (Å²) >= 11 is 0. The first-order valence-corrected chi connectivity index (χ1v) is 6.88. The SMILES string of the molecule is COc1ccc(CN2CCCNC(C)C2=O)cc1OC. The highest BCUT2D eigenvalue weighted by Crippen LogP contribution is 2.28. The van der Waals surface area contributed by atoms with E-state index in [1.54, 1.807) is 14.2 Å². The molecule has 1 aliphatic rings. The van der Waals surface area contributed by atoms with Gasteiger partial charge in [-0.2, -0.15) is 0 Å². The topological polar surface area (TPSA) is 50.8 Å². The number of nitrogens with zero attached hydrogens (tertiary/aromatic N) is 1. The van der Waals surface area contributed by atoms with Crippen LogP contribution in [0.4, 0.5) is 0 Å². The minimum atomic E-state index is -0.113. The fourth-order valence-corrected chi connectivity index (χ4v) is 2.42. The monoisotopic (exact) mass is 278 g/mol. The Bertz CT molecular complexity index is 476. The largest absolute Gasteiger partial charge is 0.493 e. The van der Waals surface area contributed by atoms with Gasteiger partial charge in [0.05, 0.1) is 20.3 Å². The maximum absolute atomic E-state index is 12.2. The summed E-state index contributed by atoms with van der Waals surface area (Å²) in [6, 6.07) is 5.66. The van der Waals surface area contributed by atoms with Gasteiger partial charge in [-0.3, -0.25) is 4.79 Å². The van der Waals surface area contributed by atoms with Crippen molar-refractivity contribution in [2.75, 3.05) is 27.3 Å². The van der Waals surface area contributed by atoms with Gasteiger partial charge in [0.2, 0.25) is 5.91 Å². The Kier molecular flexibility index (Phi) is 4.84. The molecule has 1 unspecified atom stereocenters. The summed E-state index contributed by atoms with van der Waals surface area (Å²) < 4.78 is 10.5. The van der Waals surface area contributed by atoms with E-state index in [2.05, 4.69) is 5.32 Å². The molecule has 0 aliphatic carbocycles. The zero-order chi connectivity index (χ0) is 14.5. The molecule has 1 amide bonds. The summed E-state index contributed by atoms with van der Waals surface area (Å²) in [6.45, 7) is 4.18. The average molecular weight is 278 g/mol. The lowest BCUT2D eigenvalue weighted by Gasteiger charge is -2.23. The zero-order valence-corrected chi connectivity index (χ0v) is 12.3. The predicted octanol–water partition coefficient (Wildman–Crippen LogP) is 1.41. The van der Waals surface area contributed by atoms with E-state index in [1.807, 2.05) is 30.0 Å². The lowest BCUT2D eigenvalue weighted by molar-refractivity contribution is -0.132. The van der Waals surface area contributed by atoms with E-state index in [4.69, 9.17) is 9.47 Å². The Morgan fingerprint density at radius 2 is 2.05 bits per heavy atom. The summed E-state index contributed by atoms with van der Waals surface area (Å²) in [4.78, 5) is 14.1. The highest BCUT2D eigenvalue weighted by molar-refractivity contribution is 5.81. The minimum Gasteiger partial charge on any atom is -0.493 e. The van der Waals surface area contributed by atoms with Gasteiger partial charge in [0.15, 0.2) is 11.5 Å². The second-order valence-electron chi connectivity index (χ2n) is 4.98. The molecule has 1 fully saturated rings. The first kappa shape index (κ1) is 14.7. The maximum Gasteiger partial charge on any atom is 0.239 e. The van der Waals surface area contributed by atoms with E-state index in [0.29, 0.717) is 18.0 Å². The Hall–Kier alpha value is -1.75. The minimum absolute atomic E-state index is 0.113. The number of amides is 1. The first-order chi connectivity index (χ1) is 9.65. The molecular formula is C15H22N2O3. The van der Waals surface area contributed by atoms with Gasteiger partial charge in [0.1, 0.15) is 0 Å². The van der Waals surface area contributed by atoms with Gasteiger partial charge in [0.25, 0.3) is 0 Å². The van der Waals surface area contributed by atoms with E-state index >= 15 is 0 Å². The number of ether oxygens (including phenoxy) is 2. The summed E-state index contributed by atoms with van der Waals surface area (Å²) in [5, 5.41) is 3.21. The van der Waals surface area contributed by atoms with Crippen molar-refractivity contribution in [1.29, 1.82) is 0 Å². The van der Waals surface area contributed by atoms with Crippen molar-refractivity contribution in [3.63, 3.8) is 0 Å². The molecule has 1 heterocycles. The van der Waals surface area contributed by atoms with Gasteiger partial charge < -0.3 is 19.7 Å². The van der Waals surface area contributed by atoms with Crippen LogP contribution in [-0.2, 0) is 11.3 Å². The van der Waals surface area contributed by atoms with Gasteiger partial charge >= 0.3 is 0 Å². The fraction of sp³-hybridized carbons (Fsp3) is 0.533. The average Bonchev–Trinajstić information content (AvgIpc) is 2.62. The molecule has 1 atom stereocenters. The van der Waals surface area contributed by atoms with Crippen LogP contribution in [0.5, 0.6) is 11.5 Å². The van der Waals surface area contributed by atoms with Crippen molar-refractivity contribution in [3.05, 3.63) is 23.8 Å². The molecular weight excluding hydrogens is 256 g/mol. The van der Waals surface area contributed by atoms with Crippen LogP contribution in [0.2, 0.25) is 0 Å². The Morgan fingerprint density at radius 3 is 2.75 bits per heavy atom. The van der Waals surface area contributed by atoms with E-state index in [-0.39, 0.29) is 11.9 Å². The summed E-state index contributed by atoms with van der Waals surface area (Å²) in [6.07, 6.45) is 0.976.